The fourth-order valence-corrected chi connectivity index (χ4v) is 14.6. The Labute approximate surface area is 505 Å². The number of phenolic OH excluding ortho intramolecular Hbond substituents is 1. The second-order valence-corrected chi connectivity index (χ2v) is 25.6. The highest BCUT2D eigenvalue weighted by Gasteiger charge is 2.58. The summed E-state index contributed by atoms with van der Waals surface area (Å²) < 4.78 is 48.7. The van der Waals surface area contributed by atoms with E-state index in [2.05, 4.69) is 29.3 Å². The Kier molecular flexibility index (Phi) is 16.8. The molecule has 6 heterocycles. The first kappa shape index (κ1) is 62.7. The zero-order valence-corrected chi connectivity index (χ0v) is 51.5. The van der Waals surface area contributed by atoms with Crippen molar-refractivity contribution in [2.45, 2.75) is 167 Å². The smallest absolute Gasteiger partial charge is 0.341 e. The number of phenols is 1. The monoisotopic (exact) mass is 1210 g/mol. The van der Waals surface area contributed by atoms with Crippen molar-refractivity contribution in [2.24, 2.45) is 29.6 Å². The predicted molar refractivity (Wildman–Crippen MR) is 314 cm³/mol. The molecule has 4 fully saturated rings. The summed E-state index contributed by atoms with van der Waals surface area (Å²) in [6.45, 7) is 15.1. The minimum absolute atomic E-state index is 0.0315. The van der Waals surface area contributed by atoms with Gasteiger partial charge in [0.25, 0.3) is 11.7 Å². The molecule has 9 aliphatic rings. The number of likely N-dealkylation sites (tertiary alicyclic amines) is 2. The zero-order chi connectivity index (χ0) is 63.3. The van der Waals surface area contributed by atoms with Gasteiger partial charge in [0.05, 0.1) is 47.4 Å². The third-order valence-electron chi connectivity index (χ3n) is 20.0. The van der Waals surface area contributed by atoms with E-state index < -0.39 is 128 Å². The lowest BCUT2D eigenvalue weighted by atomic mass is 9.78. The number of aliphatic hydroxyl groups is 2. The molecule has 21 nitrogen and oxygen atoms in total. The number of hydrogen-bond acceptors (Lipinski definition) is 18. The highest BCUT2D eigenvalue weighted by atomic mass is 19.1. The molecule has 4 aliphatic carbocycles. The third kappa shape index (κ3) is 10.8. The van der Waals surface area contributed by atoms with E-state index in [9.17, 15) is 44.4 Å². The number of carbonyl (C=O) groups excluding carboxylic acids is 5. The van der Waals surface area contributed by atoms with Gasteiger partial charge in [-0.25, -0.2) is 9.18 Å². The molecule has 11 atom stereocenters. The van der Waals surface area contributed by atoms with Gasteiger partial charge in [-0.15, -0.1) is 0 Å². The number of nitrogens with one attached hydrogen (secondary N) is 1. The number of alkyl halides is 1. The van der Waals surface area contributed by atoms with E-state index in [0.717, 1.165) is 32.1 Å². The number of esters is 1. The number of aromatic nitrogens is 1. The van der Waals surface area contributed by atoms with Gasteiger partial charge >= 0.3 is 17.7 Å². The van der Waals surface area contributed by atoms with Crippen molar-refractivity contribution in [3.05, 3.63) is 96.4 Å². The van der Waals surface area contributed by atoms with Crippen molar-refractivity contribution >= 4 is 41.0 Å². The van der Waals surface area contributed by atoms with Crippen molar-refractivity contribution in [3.63, 3.8) is 0 Å². The number of carbonyl (C=O) groups is 6. The molecule has 0 spiro atoms. The standard InChI is InChI=1S/C65H80FN5O16/c1-31-14-13-15-32(2)61(80)67-47-49(55(78)44-45(54(47)77)52(75)36(6)57-46(44)60(79)64(9,87-57)85-27-21-43(83-11)33(3)56(86-37(7)72)35(5)51(74)34(4)50(31)73)69-25-19-39(20-26-69)68(10)65(22-23-65)38-18-24-70(29-38)59-58(84-12)48-41(28-63(59,8)66)53(76)42(62(81)82)30-71(48)40-16-17-40/h13-15,30-31,33-35,38-40,43,50-51,56,73-75H,16-20,22-26,28-29H2,1-12H3,(H,67,80)(H,81,82)/b14-13+,32-15-/t31-,33+,34+,35+,38?,43-,50-,51+,56+,63?,64-/m0/s1. The summed E-state index contributed by atoms with van der Waals surface area (Å²) in [5.41, 5.74) is -4.34. The Balaban J connectivity index is 0.955. The summed E-state index contributed by atoms with van der Waals surface area (Å²) in [5.74, 6) is -8.16. The molecule has 2 unspecified atom stereocenters. The number of rotatable bonds is 10. The van der Waals surface area contributed by atoms with Gasteiger partial charge in [0.1, 0.15) is 46.8 Å². The van der Waals surface area contributed by atoms with Crippen LogP contribution < -0.4 is 15.5 Å². The number of hydrogen-bond donors (Lipinski definition) is 5. The van der Waals surface area contributed by atoms with Crippen molar-refractivity contribution in [1.82, 2.24) is 24.6 Å². The maximum absolute atomic E-state index is 17.3. The summed E-state index contributed by atoms with van der Waals surface area (Å²) in [7, 11) is 4.91. The normalized spacial score (nSPS) is 32.2. The van der Waals surface area contributed by atoms with Gasteiger partial charge in [-0.3, -0.25) is 33.7 Å². The number of halogens is 1. The Bertz CT molecular complexity index is 3500. The minimum Gasteiger partial charge on any atom is -0.507 e. The number of methoxy groups -OCH3 is 2. The molecule has 2 saturated heterocycles. The van der Waals surface area contributed by atoms with Crippen LogP contribution in [0.5, 0.6) is 11.5 Å². The molecular weight excluding hydrogens is 1130 g/mol. The second kappa shape index (κ2) is 23.3. The molecule has 22 heteroatoms. The zero-order valence-electron chi connectivity index (χ0n) is 51.5. The van der Waals surface area contributed by atoms with E-state index in [1.807, 2.05) is 4.90 Å². The fourth-order valence-electron chi connectivity index (χ4n) is 14.6. The van der Waals surface area contributed by atoms with Crippen LogP contribution in [0.1, 0.15) is 165 Å². The third-order valence-corrected chi connectivity index (χ3v) is 20.0. The Hall–Kier alpha value is -7.32. The van der Waals surface area contributed by atoms with E-state index in [0.29, 0.717) is 37.3 Å². The number of aromatic hydroxyl groups is 1. The van der Waals surface area contributed by atoms with Crippen LogP contribution in [-0.4, -0.2) is 170 Å². The summed E-state index contributed by atoms with van der Waals surface area (Å²) in [4.78, 5) is 104. The number of pyridine rings is 1. The van der Waals surface area contributed by atoms with Crippen molar-refractivity contribution in [2.75, 3.05) is 47.4 Å². The van der Waals surface area contributed by atoms with Crippen LogP contribution in [0, 0.1) is 48.5 Å². The van der Waals surface area contributed by atoms with Crippen LogP contribution in [0.25, 0.3) is 5.76 Å². The second-order valence-electron chi connectivity index (χ2n) is 25.6. The van der Waals surface area contributed by atoms with Crippen LogP contribution in [0.15, 0.2) is 51.9 Å². The summed E-state index contributed by atoms with van der Waals surface area (Å²) >= 11 is 0. The molecule has 2 saturated carbocycles. The number of amides is 1. The number of benzene rings is 1. The quantitative estimate of drug-likeness (QED) is 0.132. The number of ether oxygens (including phenoxy) is 5. The number of allylic oxidation sites excluding steroid dienone is 5. The van der Waals surface area contributed by atoms with E-state index in [1.54, 1.807) is 49.3 Å². The summed E-state index contributed by atoms with van der Waals surface area (Å²) in [5, 5.41) is 47.8. The molecule has 1 aromatic heterocycles. The number of Topliss-reactive ketones (excluding diaryl/α,β-unsaturated/α-hetero) is 3. The first-order valence-corrected chi connectivity index (χ1v) is 30.1. The number of carboxylic acids is 1. The summed E-state index contributed by atoms with van der Waals surface area (Å²) in [6, 6.07) is -0.0694. The van der Waals surface area contributed by atoms with Crippen molar-refractivity contribution < 1.29 is 77.3 Å². The number of ketones is 3. The van der Waals surface area contributed by atoms with Gasteiger partial charge in [0.2, 0.25) is 11.6 Å². The topological polar surface area (TPSA) is 273 Å². The van der Waals surface area contributed by atoms with Crippen LogP contribution in [0.3, 0.4) is 0 Å². The predicted octanol–water partition coefficient (Wildman–Crippen LogP) is 6.15. The number of aliphatic hydroxyl groups excluding tert-OH is 2. The van der Waals surface area contributed by atoms with Crippen LogP contribution in [0.2, 0.25) is 0 Å². The average Bonchev–Trinajstić information content (AvgIpc) is 1.80. The van der Waals surface area contributed by atoms with Gasteiger partial charge in [0.15, 0.2) is 16.9 Å². The molecule has 468 valence electrons. The number of piperidine rings is 1. The highest BCUT2D eigenvalue weighted by molar-refractivity contribution is 6.32. The molecule has 5 aliphatic heterocycles. The lowest BCUT2D eigenvalue weighted by Crippen LogP contribution is -2.52. The van der Waals surface area contributed by atoms with Gasteiger partial charge in [0, 0.05) is 118 Å². The minimum atomic E-state index is -2.24. The first-order valence-electron chi connectivity index (χ1n) is 30.1. The maximum atomic E-state index is 17.3. The molecule has 1 aromatic carbocycles. The van der Waals surface area contributed by atoms with Crippen molar-refractivity contribution in [1.29, 1.82) is 0 Å². The lowest BCUT2D eigenvalue weighted by molar-refractivity contribution is -0.160. The molecule has 11 rings (SSSR count). The fraction of sp³-hybridized carbons (Fsp3) is 0.585. The van der Waals surface area contributed by atoms with Crippen LogP contribution >= 0.6 is 0 Å². The molecule has 1 amide bonds. The van der Waals surface area contributed by atoms with Crippen LogP contribution in [0.4, 0.5) is 4.39 Å². The Morgan fingerprint density at radius 3 is 2.16 bits per heavy atom. The SMILES string of the molecule is COC1=C(N2CCC(C3(N(C)C4CCN(C5=C6NC(=O)/C(C)=C\C=C\[C@H](C)[C@H](O)[C@@H](C)[C@@H](O)[C@@H](C)[C@H](OC(C)=O)[C@H](C)[C@@H](OC)C#CO[C@@]7(C)Oc8c(C)c(O)c(c(c8C7=O)C5=O)C6=O)CC4)CC3)C2)C(C)(F)Cc2c1n(C1CC1)cc(C(=O)O)c2=O. The molecular formula is C65H80FN5O16. The van der Waals surface area contributed by atoms with E-state index in [4.69, 9.17) is 23.7 Å². The molecule has 87 heavy (non-hydrogen) atoms. The van der Waals surface area contributed by atoms with E-state index in [-0.39, 0.29) is 82.5 Å². The Morgan fingerprint density at radius 1 is 0.885 bits per heavy atom. The van der Waals surface area contributed by atoms with Crippen LogP contribution in [-0.2, 0) is 35.0 Å². The molecule has 5 bridgehead atoms. The number of fused-ring (bicyclic) bond motifs is 15. The van der Waals surface area contributed by atoms with Gasteiger partial charge in [-0.1, -0.05) is 45.9 Å². The molecule has 0 radical (unpaired) electrons. The largest absolute Gasteiger partial charge is 0.507 e. The lowest BCUT2D eigenvalue weighted by Gasteiger charge is -2.44. The Morgan fingerprint density at radius 2 is 1.55 bits per heavy atom. The maximum Gasteiger partial charge on any atom is 0.341 e. The summed E-state index contributed by atoms with van der Waals surface area (Å²) in [6.07, 6.45) is 8.96. The molecule has 2 aromatic rings. The highest BCUT2D eigenvalue weighted by Crippen LogP contribution is 2.55. The first-order chi connectivity index (χ1) is 41.0. The van der Waals surface area contributed by atoms with E-state index in [1.165, 1.54) is 61.1 Å². The molecule has 5 N–H and O–H groups in total. The number of carboxylic acid groups (broad SMARTS) is 1. The average molecular weight is 1210 g/mol. The van der Waals surface area contributed by atoms with E-state index >= 15 is 14.0 Å². The van der Waals surface area contributed by atoms with Gasteiger partial charge < -0.3 is 63.8 Å². The number of aromatic carboxylic acids is 1. The van der Waals surface area contributed by atoms with Gasteiger partial charge in [-0.2, -0.15) is 0 Å². The number of nitrogens with zero attached hydrogens (tertiary/aromatic N) is 4. The van der Waals surface area contributed by atoms with Crippen molar-refractivity contribution in [3.8, 4) is 23.5 Å². The van der Waals surface area contributed by atoms with Gasteiger partial charge in [-0.05, 0) is 84.6 Å².